The number of rotatable bonds is 9. The molecule has 0 saturated carbocycles. The Balaban J connectivity index is 1.27. The molecule has 3 aromatic heterocycles. The number of anilines is 1. The summed E-state index contributed by atoms with van der Waals surface area (Å²) in [4.78, 5) is 36.6. The number of aromatic nitrogens is 4. The zero-order chi connectivity index (χ0) is 29.2. The number of amides is 1. The molecule has 1 amide bonds. The van der Waals surface area contributed by atoms with E-state index < -0.39 is 0 Å². The van der Waals surface area contributed by atoms with Gasteiger partial charge in [0, 0.05) is 46.8 Å². The van der Waals surface area contributed by atoms with E-state index in [9.17, 15) is 9.18 Å². The molecule has 0 spiro atoms. The molecule has 5 heterocycles. The Labute approximate surface area is 243 Å². The summed E-state index contributed by atoms with van der Waals surface area (Å²) in [6, 6.07) is 1.91. The molecule has 0 saturated heterocycles. The summed E-state index contributed by atoms with van der Waals surface area (Å²) in [7, 11) is 2.05. The summed E-state index contributed by atoms with van der Waals surface area (Å²) in [5.74, 6) is 0.204. The summed E-state index contributed by atoms with van der Waals surface area (Å²) in [6.45, 7) is 5.86. The van der Waals surface area contributed by atoms with Crippen LogP contribution in [0.4, 0.5) is 10.1 Å². The van der Waals surface area contributed by atoms with Gasteiger partial charge in [-0.2, -0.15) is 0 Å². The number of carbonyl (C=O) groups is 1. The summed E-state index contributed by atoms with van der Waals surface area (Å²) in [6.07, 6.45) is 15.8. The predicted molar refractivity (Wildman–Crippen MR) is 164 cm³/mol. The molecule has 2 aliphatic heterocycles. The van der Waals surface area contributed by atoms with Crippen LogP contribution in [-0.2, 0) is 4.79 Å². The molecule has 2 atom stereocenters. The maximum absolute atomic E-state index is 14.7. The van der Waals surface area contributed by atoms with Crippen LogP contribution in [0.3, 0.4) is 0 Å². The fourth-order valence-corrected chi connectivity index (χ4v) is 5.21. The molecule has 0 bridgehead atoms. The third kappa shape index (κ3) is 5.53. The van der Waals surface area contributed by atoms with Gasteiger partial charge >= 0.3 is 0 Å². The van der Waals surface area contributed by atoms with Gasteiger partial charge in [-0.05, 0) is 63.2 Å². The quantitative estimate of drug-likeness (QED) is 0.298. The minimum Gasteiger partial charge on any atom is -0.335 e. The summed E-state index contributed by atoms with van der Waals surface area (Å²) in [5, 5.41) is 3.01. The largest absolute Gasteiger partial charge is 0.335 e. The summed E-state index contributed by atoms with van der Waals surface area (Å²) < 4.78 is 14.7. The van der Waals surface area contributed by atoms with Crippen molar-refractivity contribution in [3.05, 3.63) is 77.4 Å². The number of nitrogens with zero attached hydrogens (tertiary/aromatic N) is 5. The standard InChI is InChI=1S/C31H34FN9O/c1-4-41(3)10-9-18(2)31(42)36-21-11-19(13-33-15-21)20-12-23-28(39-40-29(23)35-14-20)30-37-26-17-34-16-24(27(26)38-30)22-7-5-6-8-25(22)32/h6,8,11-18,29,39-40H,4-5,7,9-10H2,1-3H3,(H,36,42)(H,37,38). The lowest BCUT2D eigenvalue weighted by molar-refractivity contribution is -0.119. The Kier molecular flexibility index (Phi) is 7.77. The molecule has 10 nitrogen and oxygen atoms in total. The first kappa shape index (κ1) is 27.7. The highest BCUT2D eigenvalue weighted by Gasteiger charge is 2.29. The molecule has 42 heavy (non-hydrogen) atoms. The number of allylic oxidation sites excluding steroid dienone is 5. The number of fused-ring (bicyclic) bond motifs is 2. The van der Waals surface area contributed by atoms with Crippen LogP contribution in [0.1, 0.15) is 50.1 Å². The van der Waals surface area contributed by atoms with Gasteiger partial charge in [0.1, 0.15) is 12.0 Å². The Morgan fingerprint density at radius 2 is 2.10 bits per heavy atom. The fourth-order valence-electron chi connectivity index (χ4n) is 5.21. The molecule has 0 radical (unpaired) electrons. The van der Waals surface area contributed by atoms with Crippen molar-refractivity contribution >= 4 is 45.7 Å². The number of hydrogen-bond acceptors (Lipinski definition) is 8. The molecule has 0 fully saturated rings. The number of H-pyrrole nitrogens is 1. The molecule has 2 unspecified atom stereocenters. The van der Waals surface area contributed by atoms with Gasteiger partial charge in [-0.1, -0.05) is 19.9 Å². The van der Waals surface area contributed by atoms with Crippen molar-refractivity contribution in [1.29, 1.82) is 0 Å². The maximum Gasteiger partial charge on any atom is 0.227 e. The average Bonchev–Trinajstić information content (AvgIpc) is 3.64. The number of carbonyl (C=O) groups excluding carboxylic acids is 1. The van der Waals surface area contributed by atoms with Gasteiger partial charge in [0.05, 0.1) is 34.8 Å². The minimum atomic E-state index is -0.295. The van der Waals surface area contributed by atoms with Gasteiger partial charge in [0.25, 0.3) is 0 Å². The lowest BCUT2D eigenvalue weighted by Crippen LogP contribution is -2.32. The van der Waals surface area contributed by atoms with Crippen molar-refractivity contribution in [2.24, 2.45) is 10.9 Å². The molecule has 0 aromatic carbocycles. The highest BCUT2D eigenvalue weighted by atomic mass is 19.1. The van der Waals surface area contributed by atoms with Gasteiger partial charge in [-0.25, -0.2) is 14.8 Å². The van der Waals surface area contributed by atoms with Crippen LogP contribution in [0.2, 0.25) is 0 Å². The first-order valence-electron chi connectivity index (χ1n) is 14.3. The van der Waals surface area contributed by atoms with Crippen LogP contribution in [0, 0.1) is 5.92 Å². The lowest BCUT2D eigenvalue weighted by atomic mass is 9.97. The molecule has 3 aliphatic rings. The molecular formula is C31H34FN9O. The second-order valence-electron chi connectivity index (χ2n) is 10.9. The van der Waals surface area contributed by atoms with Crippen molar-refractivity contribution in [2.45, 2.75) is 39.3 Å². The number of dihydropyridines is 1. The van der Waals surface area contributed by atoms with E-state index in [-0.39, 0.29) is 23.8 Å². The number of hydrogen-bond donors (Lipinski definition) is 4. The second-order valence-corrected chi connectivity index (χ2v) is 10.9. The van der Waals surface area contributed by atoms with E-state index in [1.54, 1.807) is 31.0 Å². The predicted octanol–water partition coefficient (Wildman–Crippen LogP) is 4.61. The zero-order valence-corrected chi connectivity index (χ0v) is 23.9. The Morgan fingerprint density at radius 1 is 1.24 bits per heavy atom. The zero-order valence-electron chi connectivity index (χ0n) is 23.9. The number of aliphatic imine (C=N–C) groups is 1. The van der Waals surface area contributed by atoms with Gasteiger partial charge in [0.15, 0.2) is 5.82 Å². The van der Waals surface area contributed by atoms with E-state index in [1.807, 2.05) is 25.1 Å². The normalized spacial score (nSPS) is 18.9. The van der Waals surface area contributed by atoms with Crippen LogP contribution in [0.15, 0.2) is 65.5 Å². The van der Waals surface area contributed by atoms with Crippen molar-refractivity contribution in [3.63, 3.8) is 0 Å². The SMILES string of the molecule is CCN(C)CCC(C)C(=O)Nc1cncc(C2=CC3=C(c4nc5c(C6=C(F)C=CCC6)cncc5[nH]4)NNC3N=C2)c1. The molecule has 6 rings (SSSR count). The molecule has 11 heteroatoms. The summed E-state index contributed by atoms with van der Waals surface area (Å²) in [5.41, 5.74) is 13.1. The molecule has 3 aromatic rings. The Morgan fingerprint density at radius 3 is 2.93 bits per heavy atom. The van der Waals surface area contributed by atoms with Crippen molar-refractivity contribution in [1.82, 2.24) is 35.7 Å². The molecule has 216 valence electrons. The van der Waals surface area contributed by atoms with Crippen molar-refractivity contribution in [3.8, 4) is 0 Å². The van der Waals surface area contributed by atoms with Crippen LogP contribution in [0.25, 0.3) is 27.9 Å². The number of nitrogens with one attached hydrogen (secondary N) is 4. The highest BCUT2D eigenvalue weighted by Crippen LogP contribution is 2.34. The fraction of sp³-hybridized carbons (Fsp3) is 0.323. The van der Waals surface area contributed by atoms with E-state index in [0.717, 1.165) is 53.9 Å². The van der Waals surface area contributed by atoms with Crippen LogP contribution in [0.5, 0.6) is 0 Å². The molecule has 4 N–H and O–H groups in total. The maximum atomic E-state index is 14.7. The van der Waals surface area contributed by atoms with E-state index in [1.165, 1.54) is 6.08 Å². The Hall–Kier alpha value is -4.48. The third-order valence-corrected chi connectivity index (χ3v) is 7.93. The van der Waals surface area contributed by atoms with Crippen molar-refractivity contribution in [2.75, 3.05) is 25.5 Å². The first-order chi connectivity index (χ1) is 20.4. The number of hydrazine groups is 1. The molecular weight excluding hydrogens is 533 g/mol. The van der Waals surface area contributed by atoms with E-state index >= 15 is 0 Å². The van der Waals surface area contributed by atoms with Crippen LogP contribution < -0.4 is 16.2 Å². The molecule has 1 aliphatic carbocycles. The number of aromatic amines is 1. The van der Waals surface area contributed by atoms with E-state index in [0.29, 0.717) is 34.6 Å². The van der Waals surface area contributed by atoms with Crippen LogP contribution >= 0.6 is 0 Å². The van der Waals surface area contributed by atoms with Gasteiger partial charge in [0.2, 0.25) is 5.91 Å². The smallest absolute Gasteiger partial charge is 0.227 e. The lowest BCUT2D eigenvalue weighted by Gasteiger charge is -2.18. The van der Waals surface area contributed by atoms with Crippen molar-refractivity contribution < 1.29 is 9.18 Å². The van der Waals surface area contributed by atoms with E-state index in [2.05, 4.69) is 55.0 Å². The van der Waals surface area contributed by atoms with Crippen LogP contribution in [-0.4, -0.2) is 63.3 Å². The third-order valence-electron chi connectivity index (χ3n) is 7.93. The second kappa shape index (κ2) is 11.8. The van der Waals surface area contributed by atoms with Gasteiger partial charge in [-0.15, -0.1) is 0 Å². The first-order valence-corrected chi connectivity index (χ1v) is 14.3. The highest BCUT2D eigenvalue weighted by molar-refractivity contribution is 6.12. The topological polar surface area (TPSA) is 123 Å². The van der Waals surface area contributed by atoms with E-state index in [4.69, 9.17) is 4.98 Å². The minimum absolute atomic E-state index is 0.0300. The number of pyridine rings is 2. The Bertz CT molecular complexity index is 1680. The average molecular weight is 568 g/mol. The van der Waals surface area contributed by atoms with Gasteiger partial charge in [-0.3, -0.25) is 19.8 Å². The van der Waals surface area contributed by atoms with Gasteiger partial charge < -0.3 is 20.6 Å². The monoisotopic (exact) mass is 567 g/mol. The summed E-state index contributed by atoms with van der Waals surface area (Å²) >= 11 is 0. The number of halogens is 1. The number of imidazole rings is 1.